The highest BCUT2D eigenvalue weighted by atomic mass is 16.6. The second-order valence-electron chi connectivity index (χ2n) is 33.7. The number of aromatic amines is 1. The van der Waals surface area contributed by atoms with Crippen LogP contribution < -0.4 is 96.5 Å². The molecule has 1 aliphatic heterocycles. The number of ketones is 1. The normalized spacial score (nSPS) is 20.0. The number of aliphatic hydroxyl groups excluding tert-OH is 1. The maximum Gasteiger partial charge on any atom is 0.437 e. The number of guanidine groups is 1. The highest BCUT2D eigenvalue weighted by Gasteiger charge is 2.42. The van der Waals surface area contributed by atoms with E-state index in [2.05, 4.69) is 86.0 Å². The number of carboxylic acids is 4. The third-order valence-corrected chi connectivity index (χ3v) is 19.9. The molecule has 13 atom stereocenters. The van der Waals surface area contributed by atoms with Crippen molar-refractivity contribution in [1.82, 2.24) is 90.1 Å². The minimum atomic E-state index is -2.55. The lowest BCUT2D eigenvalue weighted by atomic mass is 9.96. The number of ether oxygens (including phenoxy) is 3. The number of nitrogen functional groups attached to an aromatic ring is 1. The maximum absolute atomic E-state index is 15.1. The molecule has 26 N–H and O–H groups in total. The highest BCUT2D eigenvalue weighted by molar-refractivity contribution is 6.06. The number of anilines is 1. The highest BCUT2D eigenvalue weighted by Crippen LogP contribution is 2.22. The quantitative estimate of drug-likeness (QED) is 0.00532. The number of aliphatic imine (C=N–C) groups is 1. The largest absolute Gasteiger partial charge is 0.481 e. The number of cyclic esters (lactones) is 1. The number of hydrogen-bond acceptors (Lipinski definition) is 27. The van der Waals surface area contributed by atoms with Gasteiger partial charge in [-0.2, -0.15) is 0 Å². The van der Waals surface area contributed by atoms with Gasteiger partial charge in [0.15, 0.2) is 5.78 Å². The zero-order valence-electron chi connectivity index (χ0n) is 76.5. The number of nitrogens with zero attached hydrogens (tertiary/aromatic N) is 1. The van der Waals surface area contributed by atoms with Crippen LogP contribution in [0.3, 0.4) is 0 Å². The van der Waals surface area contributed by atoms with Gasteiger partial charge >= 0.3 is 48.1 Å². The van der Waals surface area contributed by atoms with Crippen molar-refractivity contribution < 1.29 is 145 Å². The lowest BCUT2D eigenvalue weighted by Gasteiger charge is -2.30. The molecule has 0 aliphatic carbocycles. The summed E-state index contributed by atoms with van der Waals surface area (Å²) in [4.78, 5) is 311. The molecule has 0 saturated carbocycles. The SMILES string of the molecule is CCCCCCCCCCCNC(=O)NC(Cc1c[nH]c2ccccc12)C(=O)NC(CC(N)=O)C(=O)NC(CC(=O)O)C(=O)NC1C(=O)NCC(=O)NC(CCCN/C(=N/C(=O)OC(C)(C)C)NC(=O)OC(C)(C)C)C(=O)NC(CC(=O)O)C(=O)NC(C)C(=O)NC(CC(=O)O)C(=O)NCC(=O)NC(CO)C(=O)NC(C(C)CC(=O)O)C(=O)NC(CC(=O)c2ccccc2N)C(=O)OC1C. The Morgan fingerprint density at radius 1 is 0.541 bits per heavy atom. The van der Waals surface area contributed by atoms with E-state index in [0.717, 1.165) is 72.1 Å². The number of fused-ring (bicyclic) bond motifs is 1. The number of aromatic nitrogens is 1. The molecule has 50 heteroatoms. The molecule has 0 bridgehead atoms. The molecule has 1 fully saturated rings. The van der Waals surface area contributed by atoms with Gasteiger partial charge in [0.25, 0.3) is 0 Å². The molecule has 50 nitrogen and oxygen atoms in total. The lowest BCUT2D eigenvalue weighted by Crippen LogP contribution is -2.62. The number of alkyl carbamates (subject to hydrolysis) is 1. The predicted octanol–water partition coefficient (Wildman–Crippen LogP) is -2.60. The number of para-hydroxylation sites is 2. The van der Waals surface area contributed by atoms with E-state index >= 15 is 14.4 Å². The van der Waals surface area contributed by atoms with Crippen LogP contribution in [-0.2, 0) is 107 Å². The number of nitrogens with two attached hydrogens (primary N) is 2. The number of nitrogens with one attached hydrogen (secondary N) is 17. The molecule has 744 valence electrons. The van der Waals surface area contributed by atoms with Crippen molar-refractivity contribution in [3.63, 3.8) is 0 Å². The van der Waals surface area contributed by atoms with Gasteiger partial charge in [-0.1, -0.05) is 95.5 Å². The number of carbonyl (C=O) groups is 22. The van der Waals surface area contributed by atoms with Gasteiger partial charge in [0.2, 0.25) is 82.8 Å². The zero-order chi connectivity index (χ0) is 101. The van der Waals surface area contributed by atoms with Gasteiger partial charge in [-0.25, -0.2) is 19.2 Å². The molecule has 135 heavy (non-hydrogen) atoms. The molecule has 13 unspecified atom stereocenters. The number of hydrogen-bond donors (Lipinski definition) is 24. The molecule has 2 heterocycles. The summed E-state index contributed by atoms with van der Waals surface area (Å²) in [6, 6.07) is -12.6. The fourth-order valence-corrected chi connectivity index (χ4v) is 13.2. The molecule has 4 rings (SSSR count). The molecule has 1 saturated heterocycles. The van der Waals surface area contributed by atoms with Gasteiger partial charge in [0.1, 0.15) is 83.8 Å². The summed E-state index contributed by atoms with van der Waals surface area (Å²) in [7, 11) is 0. The monoisotopic (exact) mass is 1900 g/mol. The fraction of sp³-hybridized carbons (Fsp3) is 0.565. The van der Waals surface area contributed by atoms with Gasteiger partial charge in [0.05, 0.1) is 51.8 Å². The van der Waals surface area contributed by atoms with E-state index in [9.17, 15) is 117 Å². The Hall–Kier alpha value is -14.6. The number of esters is 1. The van der Waals surface area contributed by atoms with Crippen LogP contribution in [-0.4, -0.2) is 284 Å². The van der Waals surface area contributed by atoms with Crippen molar-refractivity contribution in [2.75, 3.05) is 38.5 Å². The Balaban J connectivity index is 1.96. The van der Waals surface area contributed by atoms with Crippen molar-refractivity contribution in [1.29, 1.82) is 0 Å². The van der Waals surface area contributed by atoms with Crippen molar-refractivity contribution in [2.45, 2.75) is 269 Å². The van der Waals surface area contributed by atoms with Crippen molar-refractivity contribution >= 4 is 153 Å². The molecule has 1 aromatic heterocycles. The second kappa shape index (κ2) is 55.6. The third kappa shape index (κ3) is 42.2. The number of urea groups is 1. The maximum atomic E-state index is 15.1. The Kier molecular flexibility index (Phi) is 46.4. The first kappa shape index (κ1) is 113. The first-order valence-electron chi connectivity index (χ1n) is 43.4. The Bertz CT molecular complexity index is 4780. The molecule has 1 aliphatic rings. The number of carboxylic acid groups (broad SMARTS) is 4. The average Bonchev–Trinajstić information content (AvgIpc) is 1.74. The summed E-state index contributed by atoms with van der Waals surface area (Å²) in [5, 5.41) is 86.8. The minimum Gasteiger partial charge on any atom is -0.481 e. The molecular weight excluding hydrogens is 1780 g/mol. The number of aliphatic hydroxyl groups is 1. The van der Waals surface area contributed by atoms with Gasteiger partial charge < -0.3 is 136 Å². The first-order chi connectivity index (χ1) is 63.4. The summed E-state index contributed by atoms with van der Waals surface area (Å²) in [5.74, 6) is -31.0. The van der Waals surface area contributed by atoms with Crippen LogP contribution in [0.15, 0.2) is 59.7 Å². The second-order valence-corrected chi connectivity index (χ2v) is 33.7. The number of unbranched alkanes of at least 4 members (excludes halogenated alkanes) is 8. The Morgan fingerprint density at radius 3 is 1.65 bits per heavy atom. The number of Topliss-reactive ketones (excluding diaryl/α,β-unsaturated/α-hetero) is 1. The number of H-pyrrole nitrogens is 1. The molecule has 2 aromatic carbocycles. The van der Waals surface area contributed by atoms with Crippen LogP contribution >= 0.6 is 0 Å². The van der Waals surface area contributed by atoms with Crippen LogP contribution in [0.5, 0.6) is 0 Å². The van der Waals surface area contributed by atoms with E-state index in [1.807, 2.05) is 16.0 Å². The first-order valence-corrected chi connectivity index (χ1v) is 43.4. The summed E-state index contributed by atoms with van der Waals surface area (Å²) < 4.78 is 16.3. The van der Waals surface area contributed by atoms with Crippen LogP contribution in [0.1, 0.15) is 194 Å². The van der Waals surface area contributed by atoms with E-state index < -0.39 is 297 Å². The third-order valence-electron chi connectivity index (χ3n) is 19.9. The van der Waals surface area contributed by atoms with Crippen molar-refractivity contribution in [2.24, 2.45) is 16.6 Å². The topological polar surface area (TPSA) is 777 Å². The van der Waals surface area contributed by atoms with Gasteiger partial charge in [-0.05, 0) is 104 Å². The molecule has 0 radical (unpaired) electrons. The summed E-state index contributed by atoms with van der Waals surface area (Å²) >= 11 is 0. The average molecular weight is 1910 g/mol. The van der Waals surface area contributed by atoms with Crippen LogP contribution in [0.4, 0.5) is 20.1 Å². The van der Waals surface area contributed by atoms with Crippen LogP contribution in [0.2, 0.25) is 0 Å². The van der Waals surface area contributed by atoms with E-state index in [-0.39, 0.29) is 30.6 Å². The van der Waals surface area contributed by atoms with Crippen LogP contribution in [0.25, 0.3) is 10.9 Å². The van der Waals surface area contributed by atoms with Gasteiger partial charge in [-0.15, -0.1) is 4.99 Å². The van der Waals surface area contributed by atoms with Crippen molar-refractivity contribution in [3.8, 4) is 0 Å². The minimum absolute atomic E-state index is 0.174. The number of primary amides is 1. The van der Waals surface area contributed by atoms with Gasteiger partial charge in [0, 0.05) is 54.3 Å². The number of aliphatic carboxylic acids is 4. The summed E-state index contributed by atoms with van der Waals surface area (Å²) in [6.07, 6.45) is -3.10. The number of benzene rings is 2. The molecule has 3 aromatic rings. The number of rotatable bonds is 38. The summed E-state index contributed by atoms with van der Waals surface area (Å²) in [5.41, 5.74) is 10.0. The van der Waals surface area contributed by atoms with E-state index in [4.69, 9.17) is 25.7 Å². The smallest absolute Gasteiger partial charge is 0.437 e. The predicted molar refractivity (Wildman–Crippen MR) is 475 cm³/mol. The Labute approximate surface area is 775 Å². The number of carbonyl (C=O) groups excluding carboxylic acids is 18. The van der Waals surface area contributed by atoms with E-state index in [1.165, 1.54) is 65.8 Å². The molecular formula is C85H124N20O30. The zero-order valence-corrected chi connectivity index (χ0v) is 76.5. The van der Waals surface area contributed by atoms with E-state index in [1.54, 1.807) is 30.5 Å². The molecule has 0 spiro atoms. The van der Waals surface area contributed by atoms with Crippen molar-refractivity contribution in [3.05, 3.63) is 65.9 Å². The Morgan fingerprint density at radius 2 is 1.07 bits per heavy atom. The molecule has 17 amide bonds. The standard InChI is InChI=1S/C85H124N20O30/c1-11-12-13-14-15-16-17-18-23-30-89-81(130)101-52(33-46-39-90-50-28-22-20-25-47(46)50)73(123)97-53(35-60(87)108)74(124)99-56(38-66(117)118)75(125)103-68-45(4)133-79(129)57(34-59(107)48-26-19-21-27-49(48)86)100-78(128)67(43(2)32-63(111)112)102-76(126)58(42-106)95-62(110)40-91-70(120)54(36-64(113)114)96-69(119)44(3)93-72(122)55(37-65(115)116)98-71(121)51(94-61(109)41-92-77(68)127)29-24-31-88-80(104-82(131)134-84(5,6)7)105-83(132)135-85(8,9)10/h19-22,25-28,39,43-45,51-58,67-68,90,106H,11-18,23-24,29-38,40-42,86H2,1-10H3,(H2,87,108)(H,91,120)(H,92,127)(H,93,122)(H,94,109)(H,95,110)(H,96,119)(H,97,123)(H,98,121)(H,99,124)(H,100,128)(H,102,126)(H,103,125)(H,111,112)(H,113,114)(H,115,116)(H,117,118)(H2,89,101,130)(H2,88,104,105,131,132). The fourth-order valence-electron chi connectivity index (χ4n) is 13.2. The lowest BCUT2D eigenvalue weighted by molar-refractivity contribution is -0.156. The number of amides is 17. The van der Waals surface area contributed by atoms with Gasteiger partial charge in [-0.3, -0.25) is 91.6 Å². The van der Waals surface area contributed by atoms with Crippen LogP contribution in [0, 0.1) is 5.92 Å². The van der Waals surface area contributed by atoms with E-state index in [0.29, 0.717) is 22.9 Å². The summed E-state index contributed by atoms with van der Waals surface area (Å²) in [6.45, 7) is 9.74.